The summed E-state index contributed by atoms with van der Waals surface area (Å²) in [6.07, 6.45) is -12.0. The Hall–Kier alpha value is -3.06. The van der Waals surface area contributed by atoms with Gasteiger partial charge in [0.05, 0.1) is 22.1 Å². The molecule has 30 heavy (non-hydrogen) atoms. The summed E-state index contributed by atoms with van der Waals surface area (Å²) in [5.74, 6) is -14.4. The largest absolute Gasteiger partial charge is 0.461 e. The first-order chi connectivity index (χ1) is 13.6. The van der Waals surface area contributed by atoms with Crippen molar-refractivity contribution in [2.24, 2.45) is 0 Å². The predicted octanol–water partition coefficient (Wildman–Crippen LogP) is 5.47. The van der Waals surface area contributed by atoms with Crippen LogP contribution < -0.4 is 0 Å². The fourth-order valence-corrected chi connectivity index (χ4v) is 2.84. The highest BCUT2D eigenvalue weighted by Crippen LogP contribution is 2.45. The summed E-state index contributed by atoms with van der Waals surface area (Å²) in [5, 5.41) is -0.317. The molecule has 4 nitrogen and oxygen atoms in total. The molecule has 4 aromatic rings. The van der Waals surface area contributed by atoms with Crippen molar-refractivity contribution in [3.8, 4) is 0 Å². The SMILES string of the molecule is FC(F)(F)C(F)(F)c1nc2ccc3nc(C(F)(F)C(F)(F)F)nc4ccc(n1)c2c34. The number of halogens is 10. The number of hydrogen-bond acceptors (Lipinski definition) is 4. The Bertz CT molecular complexity index is 1110. The van der Waals surface area contributed by atoms with Crippen LogP contribution in [0.25, 0.3) is 32.8 Å². The summed E-state index contributed by atoms with van der Waals surface area (Å²) in [4.78, 5) is 12.8. The molecule has 4 rings (SSSR count). The van der Waals surface area contributed by atoms with Gasteiger partial charge in [-0.2, -0.15) is 43.9 Å². The molecule has 0 bridgehead atoms. The van der Waals surface area contributed by atoms with Gasteiger partial charge in [0.25, 0.3) is 0 Å². The van der Waals surface area contributed by atoms with Crippen molar-refractivity contribution in [2.75, 3.05) is 0 Å². The lowest BCUT2D eigenvalue weighted by atomic mass is 10.0. The third kappa shape index (κ3) is 2.69. The molecule has 2 heterocycles. The van der Waals surface area contributed by atoms with Gasteiger partial charge in [0.1, 0.15) is 0 Å². The molecule has 0 spiro atoms. The maximum atomic E-state index is 13.6. The van der Waals surface area contributed by atoms with Gasteiger partial charge in [-0.15, -0.1) is 0 Å². The standard InChI is InChI=1S/C16H4F10N4/c17-13(18,15(21,22)23)11-27-5-1-2-6-10-8(4-3-7(29-11)9(5)10)30-12(28-6)14(19,20)16(24,25)26/h1-4H. The molecule has 0 aliphatic carbocycles. The van der Waals surface area contributed by atoms with Crippen LogP contribution in [0.5, 0.6) is 0 Å². The molecule has 2 aromatic carbocycles. The van der Waals surface area contributed by atoms with Crippen molar-refractivity contribution in [3.05, 3.63) is 35.9 Å². The van der Waals surface area contributed by atoms with E-state index >= 15 is 0 Å². The normalized spacial score (nSPS) is 14.3. The number of rotatable bonds is 2. The molecule has 14 heteroatoms. The van der Waals surface area contributed by atoms with E-state index in [0.29, 0.717) is 0 Å². The van der Waals surface area contributed by atoms with Crippen LogP contribution in [0.2, 0.25) is 0 Å². The lowest BCUT2D eigenvalue weighted by molar-refractivity contribution is -0.292. The average Bonchev–Trinajstić information content (AvgIpc) is 2.63. The van der Waals surface area contributed by atoms with Gasteiger partial charge >= 0.3 is 24.2 Å². The van der Waals surface area contributed by atoms with Gasteiger partial charge in [-0.3, -0.25) is 0 Å². The summed E-state index contributed by atoms with van der Waals surface area (Å²) in [6, 6.07) is 3.46. The van der Waals surface area contributed by atoms with Crippen molar-refractivity contribution in [1.29, 1.82) is 0 Å². The number of hydrogen-bond donors (Lipinski definition) is 0. The first-order valence-electron chi connectivity index (χ1n) is 7.75. The van der Waals surface area contributed by atoms with Crippen LogP contribution in [0, 0.1) is 0 Å². The van der Waals surface area contributed by atoms with E-state index in [1.807, 2.05) is 0 Å². The topological polar surface area (TPSA) is 51.6 Å². The highest BCUT2D eigenvalue weighted by atomic mass is 19.4. The zero-order valence-corrected chi connectivity index (χ0v) is 13.9. The first-order valence-corrected chi connectivity index (χ1v) is 7.75. The molecule has 0 N–H and O–H groups in total. The summed E-state index contributed by atoms with van der Waals surface area (Å²) >= 11 is 0. The number of nitrogens with zero attached hydrogens (tertiary/aromatic N) is 4. The number of alkyl halides is 10. The van der Waals surface area contributed by atoms with Gasteiger partial charge in [0.2, 0.25) is 11.6 Å². The number of aromatic nitrogens is 4. The maximum Gasteiger partial charge on any atom is 0.461 e. The zero-order chi connectivity index (χ0) is 22.3. The lowest BCUT2D eigenvalue weighted by Gasteiger charge is -2.20. The molecule has 0 aliphatic heterocycles. The highest BCUT2D eigenvalue weighted by Gasteiger charge is 2.62. The van der Waals surface area contributed by atoms with Gasteiger partial charge in [0, 0.05) is 10.8 Å². The van der Waals surface area contributed by atoms with Crippen LogP contribution in [0.1, 0.15) is 11.6 Å². The molecule has 0 atom stereocenters. The highest BCUT2D eigenvalue weighted by molar-refractivity contribution is 6.19. The van der Waals surface area contributed by atoms with Crippen LogP contribution in [0.4, 0.5) is 43.9 Å². The Morgan fingerprint density at radius 3 is 0.867 bits per heavy atom. The van der Waals surface area contributed by atoms with Crippen LogP contribution in [-0.4, -0.2) is 32.3 Å². The van der Waals surface area contributed by atoms with E-state index < -0.39 is 57.9 Å². The summed E-state index contributed by atoms with van der Waals surface area (Å²) in [6.45, 7) is 0. The molecule has 0 fully saturated rings. The van der Waals surface area contributed by atoms with Gasteiger partial charge in [-0.25, -0.2) is 19.9 Å². The minimum absolute atomic E-state index is 0.159. The summed E-state index contributed by atoms with van der Waals surface area (Å²) in [5.41, 5.74) is -1.68. The van der Waals surface area contributed by atoms with Crippen LogP contribution >= 0.6 is 0 Å². The molecule has 0 saturated carbocycles. The van der Waals surface area contributed by atoms with E-state index in [2.05, 4.69) is 19.9 Å². The van der Waals surface area contributed by atoms with Crippen molar-refractivity contribution >= 4 is 32.8 Å². The first kappa shape index (κ1) is 20.2. The minimum atomic E-state index is -5.98. The van der Waals surface area contributed by atoms with E-state index in [0.717, 1.165) is 24.3 Å². The quantitative estimate of drug-likeness (QED) is 0.305. The third-order valence-electron chi connectivity index (χ3n) is 4.25. The van der Waals surface area contributed by atoms with Gasteiger partial charge in [0.15, 0.2) is 0 Å². The predicted molar refractivity (Wildman–Crippen MR) is 81.2 cm³/mol. The molecule has 0 amide bonds. The van der Waals surface area contributed by atoms with E-state index in [1.54, 1.807) is 0 Å². The van der Waals surface area contributed by atoms with Crippen molar-refractivity contribution in [1.82, 2.24) is 19.9 Å². The zero-order valence-electron chi connectivity index (χ0n) is 13.9. The fourth-order valence-electron chi connectivity index (χ4n) is 2.84. The summed E-state index contributed by atoms with van der Waals surface area (Å²) < 4.78 is 130. The second kappa shape index (κ2) is 5.76. The molecule has 0 unspecified atom stereocenters. The van der Waals surface area contributed by atoms with Gasteiger partial charge in [-0.1, -0.05) is 0 Å². The van der Waals surface area contributed by atoms with Gasteiger partial charge < -0.3 is 0 Å². The Morgan fingerprint density at radius 2 is 0.667 bits per heavy atom. The Balaban J connectivity index is 2.02. The van der Waals surface area contributed by atoms with Crippen LogP contribution in [0.3, 0.4) is 0 Å². The van der Waals surface area contributed by atoms with Crippen molar-refractivity contribution < 1.29 is 43.9 Å². The fraction of sp³-hybridized carbons (Fsp3) is 0.250. The third-order valence-corrected chi connectivity index (χ3v) is 4.25. The second-order valence-corrected chi connectivity index (χ2v) is 6.20. The minimum Gasteiger partial charge on any atom is -0.227 e. The molecular weight excluding hydrogens is 438 g/mol. The van der Waals surface area contributed by atoms with E-state index in [1.165, 1.54) is 0 Å². The Kier molecular flexibility index (Phi) is 3.88. The number of benzene rings is 2. The average molecular weight is 442 g/mol. The second-order valence-electron chi connectivity index (χ2n) is 6.20. The van der Waals surface area contributed by atoms with E-state index in [-0.39, 0.29) is 10.8 Å². The maximum absolute atomic E-state index is 13.6. The summed E-state index contributed by atoms with van der Waals surface area (Å²) in [7, 11) is 0. The van der Waals surface area contributed by atoms with Crippen LogP contribution in [0.15, 0.2) is 24.3 Å². The van der Waals surface area contributed by atoms with Crippen LogP contribution in [-0.2, 0) is 11.8 Å². The molecule has 0 aliphatic rings. The van der Waals surface area contributed by atoms with E-state index in [9.17, 15) is 43.9 Å². The molecular formula is C16H4F10N4. The Labute approximate surface area is 157 Å². The smallest absolute Gasteiger partial charge is 0.227 e. The van der Waals surface area contributed by atoms with Crippen molar-refractivity contribution in [2.45, 2.75) is 24.2 Å². The Morgan fingerprint density at radius 1 is 0.433 bits per heavy atom. The lowest BCUT2D eigenvalue weighted by Crippen LogP contribution is -2.35. The molecule has 0 radical (unpaired) electrons. The van der Waals surface area contributed by atoms with E-state index in [4.69, 9.17) is 0 Å². The molecule has 158 valence electrons. The monoisotopic (exact) mass is 442 g/mol. The molecule has 2 aromatic heterocycles. The van der Waals surface area contributed by atoms with Gasteiger partial charge in [-0.05, 0) is 24.3 Å². The van der Waals surface area contributed by atoms with Crippen molar-refractivity contribution in [3.63, 3.8) is 0 Å². The molecule has 0 saturated heterocycles.